The SMILES string of the molecule is O=C(O)CCOC(C[N+](=O)[O-])C(Cl)(Cl)Cl. The second-order valence-electron chi connectivity index (χ2n) is 2.56. The number of rotatable bonds is 6. The molecule has 88 valence electrons. The number of aliphatic carboxylic acids is 1. The fourth-order valence-electron chi connectivity index (χ4n) is 0.675. The number of carboxylic acid groups (broad SMARTS) is 1. The summed E-state index contributed by atoms with van der Waals surface area (Å²) in [5.41, 5.74) is 0. The Balaban J connectivity index is 4.14. The van der Waals surface area contributed by atoms with Crippen LogP contribution in [0.2, 0.25) is 0 Å². The summed E-state index contributed by atoms with van der Waals surface area (Å²) in [6.07, 6.45) is -1.58. The Hall–Kier alpha value is -0.300. The zero-order chi connectivity index (χ0) is 12.1. The zero-order valence-electron chi connectivity index (χ0n) is 7.36. The Labute approximate surface area is 100 Å². The molecule has 0 aliphatic heterocycles. The third kappa shape index (κ3) is 7.61. The molecule has 0 aromatic carbocycles. The molecule has 1 unspecified atom stereocenters. The summed E-state index contributed by atoms with van der Waals surface area (Å²) in [5.74, 6) is -1.10. The molecule has 0 bridgehead atoms. The maximum absolute atomic E-state index is 10.2. The highest BCUT2D eigenvalue weighted by Gasteiger charge is 2.37. The first-order chi connectivity index (χ1) is 6.73. The second kappa shape index (κ2) is 6.32. The van der Waals surface area contributed by atoms with Gasteiger partial charge in [-0.05, 0) is 0 Å². The lowest BCUT2D eigenvalue weighted by molar-refractivity contribution is -0.491. The van der Waals surface area contributed by atoms with Gasteiger partial charge in [0.1, 0.15) is 0 Å². The Bertz CT molecular complexity index is 241. The molecule has 1 N–H and O–H groups in total. The fourth-order valence-corrected chi connectivity index (χ4v) is 1.07. The monoisotopic (exact) mass is 279 g/mol. The minimum absolute atomic E-state index is 0.248. The van der Waals surface area contributed by atoms with Crippen molar-refractivity contribution in [3.05, 3.63) is 10.1 Å². The van der Waals surface area contributed by atoms with Gasteiger partial charge in [-0.3, -0.25) is 14.9 Å². The number of halogens is 3. The Morgan fingerprint density at radius 2 is 2.07 bits per heavy atom. The van der Waals surface area contributed by atoms with Crippen LogP contribution in [0, 0.1) is 10.1 Å². The maximum atomic E-state index is 10.2. The van der Waals surface area contributed by atoms with Crippen molar-refractivity contribution in [1.82, 2.24) is 0 Å². The van der Waals surface area contributed by atoms with E-state index in [0.29, 0.717) is 0 Å². The summed E-state index contributed by atoms with van der Waals surface area (Å²) in [7, 11) is 0. The first-order valence-electron chi connectivity index (χ1n) is 3.75. The predicted molar refractivity (Wildman–Crippen MR) is 54.1 cm³/mol. The van der Waals surface area contributed by atoms with E-state index in [2.05, 4.69) is 0 Å². The molecule has 0 rings (SSSR count). The van der Waals surface area contributed by atoms with Crippen molar-refractivity contribution in [2.45, 2.75) is 16.3 Å². The summed E-state index contributed by atoms with van der Waals surface area (Å²) in [6.45, 7) is -0.947. The average molecular weight is 280 g/mol. The minimum Gasteiger partial charge on any atom is -0.481 e. The lowest BCUT2D eigenvalue weighted by Crippen LogP contribution is -2.36. The van der Waals surface area contributed by atoms with Crippen LogP contribution in [0.15, 0.2) is 0 Å². The van der Waals surface area contributed by atoms with Crippen LogP contribution in [-0.2, 0) is 9.53 Å². The van der Waals surface area contributed by atoms with Gasteiger partial charge < -0.3 is 9.84 Å². The number of hydrogen-bond acceptors (Lipinski definition) is 4. The highest BCUT2D eigenvalue weighted by Crippen LogP contribution is 2.32. The molecule has 15 heavy (non-hydrogen) atoms. The van der Waals surface area contributed by atoms with Gasteiger partial charge in [0.05, 0.1) is 13.0 Å². The smallest absolute Gasteiger partial charge is 0.305 e. The third-order valence-electron chi connectivity index (χ3n) is 1.31. The Morgan fingerprint density at radius 1 is 1.53 bits per heavy atom. The zero-order valence-corrected chi connectivity index (χ0v) is 9.63. The molecule has 0 spiro atoms. The number of ether oxygens (including phenoxy) is 1. The predicted octanol–water partition coefficient (Wildman–Crippen LogP) is 1.49. The van der Waals surface area contributed by atoms with Crippen LogP contribution in [0.1, 0.15) is 6.42 Å². The van der Waals surface area contributed by atoms with E-state index in [1.54, 1.807) is 0 Å². The van der Waals surface area contributed by atoms with Crippen molar-refractivity contribution in [3.63, 3.8) is 0 Å². The minimum atomic E-state index is -1.95. The largest absolute Gasteiger partial charge is 0.481 e. The van der Waals surface area contributed by atoms with Gasteiger partial charge in [-0.15, -0.1) is 0 Å². The fraction of sp³-hybridized carbons (Fsp3) is 0.833. The van der Waals surface area contributed by atoms with Crippen molar-refractivity contribution >= 4 is 40.8 Å². The summed E-state index contributed by atoms with van der Waals surface area (Å²) in [5, 5.41) is 18.5. The molecule has 1 atom stereocenters. The maximum Gasteiger partial charge on any atom is 0.305 e. The first kappa shape index (κ1) is 14.7. The quantitative estimate of drug-likeness (QED) is 0.452. The third-order valence-corrected chi connectivity index (χ3v) is 2.05. The van der Waals surface area contributed by atoms with Crippen LogP contribution in [0.3, 0.4) is 0 Å². The highest BCUT2D eigenvalue weighted by atomic mass is 35.6. The Kier molecular flexibility index (Phi) is 6.19. The van der Waals surface area contributed by atoms with E-state index < -0.39 is 27.3 Å². The summed E-state index contributed by atoms with van der Waals surface area (Å²) in [4.78, 5) is 19.6. The Morgan fingerprint density at radius 3 is 2.40 bits per heavy atom. The molecule has 0 fully saturated rings. The van der Waals surface area contributed by atoms with Crippen molar-refractivity contribution < 1.29 is 19.6 Å². The second-order valence-corrected chi connectivity index (χ2v) is 4.93. The number of nitro groups is 1. The van der Waals surface area contributed by atoms with Crippen LogP contribution >= 0.6 is 34.8 Å². The summed E-state index contributed by atoms with van der Waals surface area (Å²) < 4.78 is 2.86. The van der Waals surface area contributed by atoms with Gasteiger partial charge >= 0.3 is 5.97 Å². The number of carboxylic acids is 1. The first-order valence-corrected chi connectivity index (χ1v) is 4.88. The lowest BCUT2D eigenvalue weighted by Gasteiger charge is -2.20. The molecular weight excluding hydrogens is 272 g/mol. The molecule has 9 heteroatoms. The summed E-state index contributed by atoms with van der Waals surface area (Å²) >= 11 is 16.2. The van der Waals surface area contributed by atoms with Gasteiger partial charge in [-0.1, -0.05) is 34.8 Å². The number of hydrogen-bond donors (Lipinski definition) is 1. The van der Waals surface area contributed by atoms with E-state index in [9.17, 15) is 14.9 Å². The molecular formula is C6H8Cl3NO5. The number of alkyl halides is 3. The van der Waals surface area contributed by atoms with E-state index in [1.807, 2.05) is 0 Å². The lowest BCUT2D eigenvalue weighted by atomic mass is 10.4. The van der Waals surface area contributed by atoms with Crippen molar-refractivity contribution in [2.75, 3.05) is 13.2 Å². The van der Waals surface area contributed by atoms with Crippen LogP contribution in [0.25, 0.3) is 0 Å². The topological polar surface area (TPSA) is 89.7 Å². The summed E-state index contributed by atoms with van der Waals surface area (Å²) in [6, 6.07) is 0. The van der Waals surface area contributed by atoms with Crippen LogP contribution in [0.4, 0.5) is 0 Å². The van der Waals surface area contributed by atoms with E-state index in [1.165, 1.54) is 0 Å². The van der Waals surface area contributed by atoms with E-state index >= 15 is 0 Å². The van der Waals surface area contributed by atoms with E-state index in [-0.39, 0.29) is 13.0 Å². The van der Waals surface area contributed by atoms with Crippen LogP contribution in [0.5, 0.6) is 0 Å². The van der Waals surface area contributed by atoms with Gasteiger partial charge in [0.25, 0.3) is 0 Å². The molecule has 0 radical (unpaired) electrons. The van der Waals surface area contributed by atoms with Gasteiger partial charge in [-0.2, -0.15) is 0 Å². The number of nitrogens with zero attached hydrogens (tertiary/aromatic N) is 1. The van der Waals surface area contributed by atoms with E-state index in [0.717, 1.165) is 0 Å². The molecule has 0 saturated carbocycles. The molecule has 0 saturated heterocycles. The normalized spacial score (nSPS) is 13.5. The van der Waals surface area contributed by atoms with Gasteiger partial charge in [0, 0.05) is 4.92 Å². The number of carbonyl (C=O) groups is 1. The molecule has 0 heterocycles. The van der Waals surface area contributed by atoms with Crippen molar-refractivity contribution in [3.8, 4) is 0 Å². The molecule has 6 nitrogen and oxygen atoms in total. The van der Waals surface area contributed by atoms with Gasteiger partial charge in [-0.25, -0.2) is 0 Å². The standard InChI is InChI=1S/C6H8Cl3NO5/c7-6(8,9)4(3-10(13)14)15-2-1-5(11)12/h4H,1-3H2,(H,11,12). The van der Waals surface area contributed by atoms with Gasteiger partial charge in [0.15, 0.2) is 6.10 Å². The highest BCUT2D eigenvalue weighted by molar-refractivity contribution is 6.68. The molecule has 0 amide bonds. The molecule has 0 aromatic rings. The average Bonchev–Trinajstić information content (AvgIpc) is 1.99. The van der Waals surface area contributed by atoms with Crippen molar-refractivity contribution in [2.24, 2.45) is 0 Å². The van der Waals surface area contributed by atoms with Crippen LogP contribution < -0.4 is 0 Å². The molecule has 0 aliphatic carbocycles. The van der Waals surface area contributed by atoms with Gasteiger partial charge in [0.2, 0.25) is 10.3 Å². The molecule has 0 aliphatic rings. The molecule has 0 aromatic heterocycles. The van der Waals surface area contributed by atoms with Crippen molar-refractivity contribution in [1.29, 1.82) is 0 Å². The van der Waals surface area contributed by atoms with Crippen LogP contribution in [-0.4, -0.2) is 39.0 Å². The van der Waals surface area contributed by atoms with E-state index in [4.69, 9.17) is 44.6 Å².